The van der Waals surface area contributed by atoms with Crippen LogP contribution in [-0.4, -0.2) is 58.4 Å². The maximum atomic E-state index is 13.0. The van der Waals surface area contributed by atoms with Crippen molar-refractivity contribution >= 4 is 27.7 Å². The first-order valence-electron chi connectivity index (χ1n) is 7.36. The summed E-state index contributed by atoms with van der Waals surface area (Å²) in [5, 5.41) is 0. The molecule has 0 amide bonds. The zero-order valence-corrected chi connectivity index (χ0v) is 14.8. The van der Waals surface area contributed by atoms with E-state index in [0.29, 0.717) is 24.1 Å². The number of hydrogen-bond donors (Lipinski definition) is 0. The van der Waals surface area contributed by atoms with Crippen molar-refractivity contribution in [3.8, 4) is 0 Å². The molecule has 0 spiro atoms. The van der Waals surface area contributed by atoms with Gasteiger partial charge in [0.05, 0.1) is 32.2 Å². The number of carbonyl (C=O) groups is 2. The van der Waals surface area contributed by atoms with E-state index in [4.69, 9.17) is 23.7 Å². The maximum absolute atomic E-state index is 13.0. The fourth-order valence-electron chi connectivity index (χ4n) is 3.85. The third-order valence-corrected chi connectivity index (χ3v) is 5.84. The van der Waals surface area contributed by atoms with Crippen molar-refractivity contribution in [2.24, 2.45) is 17.8 Å². The quantitative estimate of drug-likeness (QED) is 0.523. The molecule has 0 aromatic rings. The Kier molecular flexibility index (Phi) is 4.63. The van der Waals surface area contributed by atoms with E-state index in [-0.39, 0.29) is 5.78 Å². The highest BCUT2D eigenvalue weighted by Crippen LogP contribution is 2.56. The highest BCUT2D eigenvalue weighted by molar-refractivity contribution is 9.11. The molecule has 2 bridgehead atoms. The standard InChI is InChI=1S/C15H19BrO7/c1-19-13(18)7-6-8-10(14-22-4-5-23-14)11(16)9(7)12(17)15(8,20-2)21-3/h7-9,14H,4-6H2,1-3H3/t7-,8-,9-/m0/s1. The molecule has 8 heteroatoms. The van der Waals surface area contributed by atoms with Crippen molar-refractivity contribution in [3.05, 3.63) is 10.1 Å². The van der Waals surface area contributed by atoms with Gasteiger partial charge in [-0.25, -0.2) is 0 Å². The third-order valence-electron chi connectivity index (χ3n) is 4.89. The first-order valence-corrected chi connectivity index (χ1v) is 8.16. The lowest BCUT2D eigenvalue weighted by atomic mass is 9.61. The summed E-state index contributed by atoms with van der Waals surface area (Å²) < 4.78 is 27.7. The molecule has 0 N–H and O–H groups in total. The fourth-order valence-corrected chi connectivity index (χ4v) is 4.84. The van der Waals surface area contributed by atoms with Gasteiger partial charge in [-0.05, 0) is 6.42 Å². The third kappa shape index (κ3) is 2.31. The molecule has 7 nitrogen and oxygen atoms in total. The largest absolute Gasteiger partial charge is 0.469 e. The van der Waals surface area contributed by atoms with E-state index in [0.717, 1.165) is 5.57 Å². The number of Topliss-reactive ketones (excluding diaryl/α,β-unsaturated/α-hetero) is 1. The van der Waals surface area contributed by atoms with Gasteiger partial charge in [0.25, 0.3) is 0 Å². The highest BCUT2D eigenvalue weighted by atomic mass is 79.9. The normalized spacial score (nSPS) is 33.4. The minimum atomic E-state index is -1.43. The van der Waals surface area contributed by atoms with Crippen LogP contribution >= 0.6 is 15.9 Å². The molecule has 1 heterocycles. The summed E-state index contributed by atoms with van der Waals surface area (Å²) in [5.74, 6) is -3.93. The molecule has 1 saturated carbocycles. The molecule has 4 aliphatic rings. The van der Waals surface area contributed by atoms with Gasteiger partial charge in [0.15, 0.2) is 6.29 Å². The Morgan fingerprint density at radius 2 is 1.83 bits per heavy atom. The molecule has 2 fully saturated rings. The van der Waals surface area contributed by atoms with Crippen LogP contribution in [0.1, 0.15) is 6.42 Å². The van der Waals surface area contributed by atoms with Gasteiger partial charge in [0, 0.05) is 30.2 Å². The number of fused-ring (bicyclic) bond motifs is 2. The lowest BCUT2D eigenvalue weighted by Gasteiger charge is -2.51. The Bertz CT molecular complexity index is 548. The molecule has 0 aromatic carbocycles. The molecule has 0 radical (unpaired) electrons. The van der Waals surface area contributed by atoms with Gasteiger partial charge in [0.2, 0.25) is 11.6 Å². The van der Waals surface area contributed by atoms with E-state index in [1.807, 2.05) is 0 Å². The van der Waals surface area contributed by atoms with Crippen molar-refractivity contribution in [3.63, 3.8) is 0 Å². The number of allylic oxidation sites excluding steroid dienone is 1. The van der Waals surface area contributed by atoms with Crippen LogP contribution < -0.4 is 0 Å². The van der Waals surface area contributed by atoms with Gasteiger partial charge in [-0.15, -0.1) is 0 Å². The number of methoxy groups -OCH3 is 3. The van der Waals surface area contributed by atoms with Gasteiger partial charge in [0.1, 0.15) is 0 Å². The van der Waals surface area contributed by atoms with Crippen molar-refractivity contribution in [2.75, 3.05) is 34.5 Å². The Hall–Kier alpha value is -0.800. The molecule has 4 rings (SSSR count). The molecule has 3 atom stereocenters. The molecule has 3 aliphatic carbocycles. The number of ether oxygens (including phenoxy) is 5. The van der Waals surface area contributed by atoms with Crippen LogP contribution in [0.5, 0.6) is 0 Å². The highest BCUT2D eigenvalue weighted by Gasteiger charge is 2.65. The van der Waals surface area contributed by atoms with Crippen LogP contribution in [0.25, 0.3) is 0 Å². The van der Waals surface area contributed by atoms with Crippen molar-refractivity contribution in [1.29, 1.82) is 0 Å². The van der Waals surface area contributed by atoms with E-state index >= 15 is 0 Å². The van der Waals surface area contributed by atoms with Crippen molar-refractivity contribution in [1.82, 2.24) is 0 Å². The second-order valence-electron chi connectivity index (χ2n) is 5.71. The predicted octanol–water partition coefficient (Wildman–Crippen LogP) is 1.01. The predicted molar refractivity (Wildman–Crippen MR) is 80.5 cm³/mol. The summed E-state index contributed by atoms with van der Waals surface area (Å²) >= 11 is 3.49. The monoisotopic (exact) mass is 390 g/mol. The number of ketones is 1. The lowest BCUT2D eigenvalue weighted by molar-refractivity contribution is -0.246. The molecular weight excluding hydrogens is 372 g/mol. The molecule has 0 unspecified atom stereocenters. The number of esters is 1. The number of halogens is 1. The van der Waals surface area contributed by atoms with Crippen LogP contribution in [0.15, 0.2) is 10.1 Å². The van der Waals surface area contributed by atoms with Crippen LogP contribution in [-0.2, 0) is 33.3 Å². The van der Waals surface area contributed by atoms with Gasteiger partial charge in [-0.1, -0.05) is 15.9 Å². The Balaban J connectivity index is 2.10. The molecule has 0 aromatic heterocycles. The topological polar surface area (TPSA) is 80.3 Å². The summed E-state index contributed by atoms with van der Waals surface area (Å²) in [6, 6.07) is 0. The minimum Gasteiger partial charge on any atom is -0.469 e. The molecule has 128 valence electrons. The summed E-state index contributed by atoms with van der Waals surface area (Å²) in [5.41, 5.74) is 0.774. The Morgan fingerprint density at radius 3 is 2.35 bits per heavy atom. The molecule has 1 aliphatic heterocycles. The number of rotatable bonds is 4. The zero-order chi connectivity index (χ0) is 16.8. The fraction of sp³-hybridized carbons (Fsp3) is 0.733. The van der Waals surface area contributed by atoms with E-state index in [9.17, 15) is 9.59 Å². The van der Waals surface area contributed by atoms with Gasteiger partial charge in [-0.3, -0.25) is 9.59 Å². The first-order chi connectivity index (χ1) is 11.0. The molecule has 1 saturated heterocycles. The smallest absolute Gasteiger partial charge is 0.309 e. The molecule has 23 heavy (non-hydrogen) atoms. The van der Waals surface area contributed by atoms with E-state index < -0.39 is 35.8 Å². The number of hydrogen-bond acceptors (Lipinski definition) is 7. The average Bonchev–Trinajstić information content (AvgIpc) is 3.08. The number of carbonyl (C=O) groups excluding carboxylic acids is 2. The van der Waals surface area contributed by atoms with Gasteiger partial charge in [-0.2, -0.15) is 0 Å². The first kappa shape index (κ1) is 17.0. The second kappa shape index (κ2) is 6.25. The van der Waals surface area contributed by atoms with E-state index in [1.165, 1.54) is 21.3 Å². The van der Waals surface area contributed by atoms with Crippen LogP contribution in [0.2, 0.25) is 0 Å². The zero-order valence-electron chi connectivity index (χ0n) is 13.2. The second-order valence-corrected chi connectivity index (χ2v) is 6.57. The van der Waals surface area contributed by atoms with E-state index in [1.54, 1.807) is 0 Å². The lowest BCUT2D eigenvalue weighted by Crippen LogP contribution is -2.63. The van der Waals surface area contributed by atoms with Crippen LogP contribution in [0.4, 0.5) is 0 Å². The van der Waals surface area contributed by atoms with Crippen molar-refractivity contribution in [2.45, 2.75) is 18.5 Å². The summed E-state index contributed by atoms with van der Waals surface area (Å²) in [7, 11) is 4.17. The van der Waals surface area contributed by atoms with Gasteiger partial charge < -0.3 is 23.7 Å². The average molecular weight is 391 g/mol. The minimum absolute atomic E-state index is 0.289. The van der Waals surface area contributed by atoms with Crippen LogP contribution in [0, 0.1) is 17.8 Å². The Morgan fingerprint density at radius 1 is 1.22 bits per heavy atom. The van der Waals surface area contributed by atoms with Crippen LogP contribution in [0.3, 0.4) is 0 Å². The van der Waals surface area contributed by atoms with E-state index in [2.05, 4.69) is 15.9 Å². The van der Waals surface area contributed by atoms with Crippen molar-refractivity contribution < 1.29 is 33.3 Å². The Labute approximate surface area is 142 Å². The SMILES string of the molecule is COC(=O)[C@H]1C[C@H]2C(C3OCCO3)=C(Br)[C@H]1C(=O)C2(OC)OC. The summed E-state index contributed by atoms with van der Waals surface area (Å²) in [6.45, 7) is 0.959. The summed E-state index contributed by atoms with van der Waals surface area (Å²) in [6.07, 6.45) is -0.188. The summed E-state index contributed by atoms with van der Waals surface area (Å²) in [4.78, 5) is 25.1. The maximum Gasteiger partial charge on any atom is 0.309 e. The molecular formula is C15H19BrO7. The van der Waals surface area contributed by atoms with Gasteiger partial charge >= 0.3 is 5.97 Å².